The third-order valence-corrected chi connectivity index (χ3v) is 6.14. The smallest absolute Gasteiger partial charge is 0.258 e. The van der Waals surface area contributed by atoms with Crippen molar-refractivity contribution in [2.75, 3.05) is 24.6 Å². The summed E-state index contributed by atoms with van der Waals surface area (Å²) in [7, 11) is 0. The van der Waals surface area contributed by atoms with Crippen molar-refractivity contribution in [3.05, 3.63) is 59.2 Å². The van der Waals surface area contributed by atoms with Gasteiger partial charge in [-0.15, -0.1) is 0 Å². The summed E-state index contributed by atoms with van der Waals surface area (Å²) < 4.78 is 5.71. The summed E-state index contributed by atoms with van der Waals surface area (Å²) in [5, 5.41) is 2.96. The van der Waals surface area contributed by atoms with Gasteiger partial charge >= 0.3 is 0 Å². The molecule has 154 valence electrons. The van der Waals surface area contributed by atoms with E-state index in [1.807, 2.05) is 6.07 Å². The number of aryl methyl sites for hydroxylation is 2. The van der Waals surface area contributed by atoms with E-state index < -0.39 is 0 Å². The molecule has 2 aromatic carbocycles. The van der Waals surface area contributed by atoms with Gasteiger partial charge in [-0.05, 0) is 85.4 Å². The molecule has 1 amide bonds. The van der Waals surface area contributed by atoms with Gasteiger partial charge in [-0.1, -0.05) is 25.1 Å². The normalized spacial score (nSPS) is 18.8. The number of hydrogen-bond donors (Lipinski definition) is 1. The van der Waals surface area contributed by atoms with Gasteiger partial charge in [-0.25, -0.2) is 0 Å². The molecule has 1 N–H and O–H groups in total. The summed E-state index contributed by atoms with van der Waals surface area (Å²) in [4.78, 5) is 14.6. The molecule has 0 aromatic heterocycles. The Hall–Kier alpha value is -2.49. The predicted molar refractivity (Wildman–Crippen MR) is 117 cm³/mol. The molecular formula is C25H32N2O2. The molecule has 1 fully saturated rings. The molecule has 1 unspecified atom stereocenters. The molecule has 1 aliphatic carbocycles. The lowest BCUT2D eigenvalue weighted by molar-refractivity contribution is -0.123. The van der Waals surface area contributed by atoms with Gasteiger partial charge in [0.15, 0.2) is 6.61 Å². The number of carbonyl (C=O) groups excluding carboxylic acids is 1. The first-order chi connectivity index (χ1) is 14.2. The van der Waals surface area contributed by atoms with Crippen molar-refractivity contribution in [1.29, 1.82) is 0 Å². The lowest BCUT2D eigenvalue weighted by Crippen LogP contribution is -2.34. The number of ether oxygens (including phenoxy) is 1. The van der Waals surface area contributed by atoms with Crippen LogP contribution in [0.3, 0.4) is 0 Å². The van der Waals surface area contributed by atoms with Gasteiger partial charge in [0.05, 0.1) is 0 Å². The SMILES string of the molecule is CC1CCCN(c2ccc(CNC(=O)COc3ccc4c(c3)CCCC4)cc2)C1. The summed E-state index contributed by atoms with van der Waals surface area (Å²) in [6, 6.07) is 14.8. The zero-order valence-corrected chi connectivity index (χ0v) is 17.5. The van der Waals surface area contributed by atoms with Crippen LogP contribution in [0.5, 0.6) is 5.75 Å². The predicted octanol–water partition coefficient (Wildman–Crippen LogP) is 4.50. The van der Waals surface area contributed by atoms with E-state index in [9.17, 15) is 4.79 Å². The van der Waals surface area contributed by atoms with E-state index in [1.165, 1.54) is 42.5 Å². The number of carbonyl (C=O) groups is 1. The second-order valence-electron chi connectivity index (χ2n) is 8.56. The first kappa shape index (κ1) is 19.8. The van der Waals surface area contributed by atoms with Crippen molar-refractivity contribution in [2.24, 2.45) is 5.92 Å². The Bertz CT molecular complexity index is 831. The fourth-order valence-electron chi connectivity index (χ4n) is 4.45. The molecule has 29 heavy (non-hydrogen) atoms. The number of anilines is 1. The van der Waals surface area contributed by atoms with E-state index in [2.05, 4.69) is 53.5 Å². The molecule has 2 aliphatic rings. The molecule has 2 aromatic rings. The van der Waals surface area contributed by atoms with Crippen LogP contribution in [0.15, 0.2) is 42.5 Å². The number of hydrogen-bond acceptors (Lipinski definition) is 3. The van der Waals surface area contributed by atoms with Gasteiger partial charge in [-0.2, -0.15) is 0 Å². The van der Waals surface area contributed by atoms with E-state index in [4.69, 9.17) is 4.74 Å². The van der Waals surface area contributed by atoms with E-state index in [0.29, 0.717) is 6.54 Å². The molecular weight excluding hydrogens is 360 g/mol. The molecule has 1 heterocycles. The molecule has 1 atom stereocenters. The van der Waals surface area contributed by atoms with Crippen LogP contribution in [0.4, 0.5) is 5.69 Å². The first-order valence-corrected chi connectivity index (χ1v) is 11.0. The van der Waals surface area contributed by atoms with E-state index in [0.717, 1.165) is 43.2 Å². The maximum atomic E-state index is 12.2. The maximum Gasteiger partial charge on any atom is 0.258 e. The highest BCUT2D eigenvalue weighted by molar-refractivity contribution is 5.77. The Balaban J connectivity index is 1.23. The fraction of sp³-hybridized carbons (Fsp3) is 0.480. The van der Waals surface area contributed by atoms with Crippen molar-refractivity contribution >= 4 is 11.6 Å². The lowest BCUT2D eigenvalue weighted by Gasteiger charge is -2.32. The number of benzene rings is 2. The Kier molecular flexibility index (Phi) is 6.38. The van der Waals surface area contributed by atoms with E-state index in [-0.39, 0.29) is 12.5 Å². The maximum absolute atomic E-state index is 12.2. The minimum atomic E-state index is -0.0864. The molecule has 1 aliphatic heterocycles. The van der Waals surface area contributed by atoms with Crippen molar-refractivity contribution in [1.82, 2.24) is 5.32 Å². The number of piperidine rings is 1. The fourth-order valence-corrected chi connectivity index (χ4v) is 4.45. The first-order valence-electron chi connectivity index (χ1n) is 11.0. The Labute approximate surface area is 174 Å². The molecule has 4 rings (SSSR count). The molecule has 1 saturated heterocycles. The molecule has 4 heteroatoms. The number of fused-ring (bicyclic) bond motifs is 1. The summed E-state index contributed by atoms with van der Waals surface area (Å²) >= 11 is 0. The van der Waals surface area contributed by atoms with E-state index >= 15 is 0 Å². The number of amides is 1. The molecule has 4 nitrogen and oxygen atoms in total. The highest BCUT2D eigenvalue weighted by atomic mass is 16.5. The number of nitrogens with one attached hydrogen (secondary N) is 1. The minimum absolute atomic E-state index is 0.0581. The van der Waals surface area contributed by atoms with Crippen LogP contribution in [0.25, 0.3) is 0 Å². The Morgan fingerprint density at radius 3 is 2.66 bits per heavy atom. The van der Waals surface area contributed by atoms with Gasteiger partial charge < -0.3 is 15.0 Å². The zero-order chi connectivity index (χ0) is 20.1. The Morgan fingerprint density at radius 1 is 1.07 bits per heavy atom. The summed E-state index contributed by atoms with van der Waals surface area (Å²) in [6.07, 6.45) is 7.38. The van der Waals surface area contributed by atoms with Crippen LogP contribution in [0, 0.1) is 5.92 Å². The van der Waals surface area contributed by atoms with Gasteiger partial charge in [-0.3, -0.25) is 4.79 Å². The average molecular weight is 393 g/mol. The third kappa shape index (κ3) is 5.31. The van der Waals surface area contributed by atoms with Crippen molar-refractivity contribution in [2.45, 2.75) is 52.0 Å². The van der Waals surface area contributed by atoms with Crippen LogP contribution in [-0.4, -0.2) is 25.6 Å². The van der Waals surface area contributed by atoms with Crippen molar-refractivity contribution < 1.29 is 9.53 Å². The largest absolute Gasteiger partial charge is 0.484 e. The monoisotopic (exact) mass is 392 g/mol. The van der Waals surface area contributed by atoms with Crippen LogP contribution in [-0.2, 0) is 24.2 Å². The van der Waals surface area contributed by atoms with E-state index in [1.54, 1.807) is 0 Å². The zero-order valence-electron chi connectivity index (χ0n) is 17.5. The lowest BCUT2D eigenvalue weighted by atomic mass is 9.92. The molecule has 0 radical (unpaired) electrons. The summed E-state index contributed by atoms with van der Waals surface area (Å²) in [5.74, 6) is 1.47. The quantitative estimate of drug-likeness (QED) is 0.787. The van der Waals surface area contributed by atoms with Crippen LogP contribution >= 0.6 is 0 Å². The second kappa shape index (κ2) is 9.34. The van der Waals surface area contributed by atoms with Gasteiger partial charge in [0.2, 0.25) is 0 Å². The topological polar surface area (TPSA) is 41.6 Å². The number of rotatable bonds is 6. The molecule has 0 saturated carbocycles. The molecule has 0 spiro atoms. The van der Waals surface area contributed by atoms with Crippen molar-refractivity contribution in [3.8, 4) is 5.75 Å². The van der Waals surface area contributed by atoms with Crippen LogP contribution in [0.1, 0.15) is 49.3 Å². The number of nitrogens with zero attached hydrogens (tertiary/aromatic N) is 1. The highest BCUT2D eigenvalue weighted by Gasteiger charge is 2.16. The van der Waals surface area contributed by atoms with Gasteiger partial charge in [0, 0.05) is 25.3 Å². The summed E-state index contributed by atoms with van der Waals surface area (Å²) in [5.41, 5.74) is 5.19. The third-order valence-electron chi connectivity index (χ3n) is 6.14. The van der Waals surface area contributed by atoms with Gasteiger partial charge in [0.1, 0.15) is 5.75 Å². The second-order valence-corrected chi connectivity index (χ2v) is 8.56. The highest BCUT2D eigenvalue weighted by Crippen LogP contribution is 2.25. The van der Waals surface area contributed by atoms with Crippen molar-refractivity contribution in [3.63, 3.8) is 0 Å². The minimum Gasteiger partial charge on any atom is -0.484 e. The van der Waals surface area contributed by atoms with Gasteiger partial charge in [0.25, 0.3) is 5.91 Å². The standard InChI is InChI=1S/C25H32N2O2/c1-19-5-4-14-27(17-19)23-11-8-20(9-12-23)16-26-25(28)18-29-24-13-10-21-6-2-3-7-22(21)15-24/h8-13,15,19H,2-7,14,16-18H2,1H3,(H,26,28). The van der Waals surface area contributed by atoms with Crippen LogP contribution < -0.4 is 15.0 Å². The summed E-state index contributed by atoms with van der Waals surface area (Å²) in [6.45, 7) is 5.18. The molecule has 0 bridgehead atoms. The Morgan fingerprint density at radius 2 is 1.86 bits per heavy atom. The van der Waals surface area contributed by atoms with Crippen LogP contribution in [0.2, 0.25) is 0 Å². The average Bonchev–Trinajstić information content (AvgIpc) is 2.76.